The molecule has 1 atom stereocenters. The van der Waals surface area contributed by atoms with Gasteiger partial charge in [-0.2, -0.15) is 0 Å². The molecule has 3 heterocycles. The summed E-state index contributed by atoms with van der Waals surface area (Å²) in [6.07, 6.45) is 6.66. The highest BCUT2D eigenvalue weighted by Crippen LogP contribution is 2.15. The third-order valence-electron chi connectivity index (χ3n) is 4.06. The summed E-state index contributed by atoms with van der Waals surface area (Å²) in [5, 5.41) is 5.09. The molecule has 1 fully saturated rings. The van der Waals surface area contributed by atoms with Crippen molar-refractivity contribution >= 4 is 17.4 Å². The number of urea groups is 1. The van der Waals surface area contributed by atoms with Gasteiger partial charge in [-0.1, -0.05) is 12.1 Å². The van der Waals surface area contributed by atoms with E-state index in [-0.39, 0.29) is 12.1 Å². The maximum absolute atomic E-state index is 12.6. The topological polar surface area (TPSA) is 54.5 Å². The lowest BCUT2D eigenvalue weighted by atomic mass is 10.2. The number of nitrogens with zero attached hydrogens (tertiary/aromatic N) is 2. The first-order valence-electron chi connectivity index (χ1n) is 8.37. The van der Waals surface area contributed by atoms with E-state index in [1.807, 2.05) is 23.1 Å². The van der Waals surface area contributed by atoms with Crippen LogP contribution in [0.4, 0.5) is 4.79 Å². The van der Waals surface area contributed by atoms with Crippen LogP contribution in [0, 0.1) is 0 Å². The van der Waals surface area contributed by atoms with Gasteiger partial charge in [0.25, 0.3) is 0 Å². The van der Waals surface area contributed by atoms with Gasteiger partial charge in [-0.05, 0) is 42.3 Å². The van der Waals surface area contributed by atoms with Crippen LogP contribution in [-0.4, -0.2) is 41.7 Å². The molecular weight excluding hydrogens is 322 g/mol. The van der Waals surface area contributed by atoms with E-state index in [1.54, 1.807) is 23.7 Å². The van der Waals surface area contributed by atoms with E-state index in [1.165, 1.54) is 4.88 Å². The molecule has 1 unspecified atom stereocenters. The molecule has 1 aliphatic rings. The molecule has 0 aliphatic carbocycles. The second kappa shape index (κ2) is 8.80. The van der Waals surface area contributed by atoms with Gasteiger partial charge in [0.15, 0.2) is 0 Å². The first-order chi connectivity index (χ1) is 11.8. The van der Waals surface area contributed by atoms with Crippen LogP contribution in [0.15, 0.2) is 42.0 Å². The van der Waals surface area contributed by atoms with E-state index in [0.717, 1.165) is 31.4 Å². The fourth-order valence-corrected chi connectivity index (χ4v) is 3.53. The van der Waals surface area contributed by atoms with Crippen LogP contribution in [0.5, 0.6) is 0 Å². The van der Waals surface area contributed by atoms with Crippen molar-refractivity contribution in [2.45, 2.75) is 31.9 Å². The Kier molecular flexibility index (Phi) is 6.20. The van der Waals surface area contributed by atoms with Crippen molar-refractivity contribution < 1.29 is 9.53 Å². The molecule has 5 nitrogen and oxygen atoms in total. The second-order valence-electron chi connectivity index (χ2n) is 5.94. The number of hydrogen-bond donors (Lipinski definition) is 1. The predicted octanol–water partition coefficient (Wildman–Crippen LogP) is 3.08. The Labute approximate surface area is 146 Å². The lowest BCUT2D eigenvalue weighted by Crippen LogP contribution is -2.43. The van der Waals surface area contributed by atoms with Gasteiger partial charge in [-0.15, -0.1) is 11.3 Å². The number of nitrogens with one attached hydrogen (secondary N) is 1. The van der Waals surface area contributed by atoms with Gasteiger partial charge in [-0.25, -0.2) is 4.79 Å². The molecule has 1 aliphatic heterocycles. The highest BCUT2D eigenvalue weighted by atomic mass is 32.1. The van der Waals surface area contributed by atoms with Crippen molar-refractivity contribution in [1.29, 1.82) is 0 Å². The minimum Gasteiger partial charge on any atom is -0.376 e. The van der Waals surface area contributed by atoms with Gasteiger partial charge in [0, 0.05) is 43.5 Å². The molecule has 2 aromatic heterocycles. The SMILES string of the molecule is O=C(NCCc1cccs1)N(Cc1cccnc1)CC1CCCO1. The highest BCUT2D eigenvalue weighted by molar-refractivity contribution is 7.09. The van der Waals surface area contributed by atoms with Crippen molar-refractivity contribution in [3.05, 3.63) is 52.5 Å². The first kappa shape index (κ1) is 16.9. The molecule has 1 N–H and O–H groups in total. The van der Waals surface area contributed by atoms with Crippen molar-refractivity contribution in [2.75, 3.05) is 19.7 Å². The third kappa shape index (κ3) is 5.04. The first-order valence-corrected chi connectivity index (χ1v) is 9.25. The van der Waals surface area contributed by atoms with Crippen LogP contribution in [0.2, 0.25) is 0 Å². The van der Waals surface area contributed by atoms with E-state index in [4.69, 9.17) is 4.74 Å². The summed E-state index contributed by atoms with van der Waals surface area (Å²) < 4.78 is 5.70. The van der Waals surface area contributed by atoms with Crippen LogP contribution in [0.25, 0.3) is 0 Å². The maximum Gasteiger partial charge on any atom is 0.317 e. The zero-order valence-electron chi connectivity index (χ0n) is 13.7. The molecule has 3 rings (SSSR count). The van der Waals surface area contributed by atoms with E-state index in [9.17, 15) is 4.79 Å². The van der Waals surface area contributed by atoms with Gasteiger partial charge >= 0.3 is 6.03 Å². The number of thiophene rings is 1. The van der Waals surface area contributed by atoms with Crippen LogP contribution >= 0.6 is 11.3 Å². The molecule has 1 saturated heterocycles. The molecule has 0 saturated carbocycles. The Balaban J connectivity index is 1.55. The van der Waals surface area contributed by atoms with Crippen LogP contribution in [0.1, 0.15) is 23.3 Å². The smallest absolute Gasteiger partial charge is 0.317 e. The lowest BCUT2D eigenvalue weighted by Gasteiger charge is -2.25. The van der Waals surface area contributed by atoms with Gasteiger partial charge in [-0.3, -0.25) is 4.98 Å². The van der Waals surface area contributed by atoms with Gasteiger partial charge in [0.05, 0.1) is 6.10 Å². The fourth-order valence-electron chi connectivity index (χ4n) is 2.82. The van der Waals surface area contributed by atoms with Crippen LogP contribution < -0.4 is 5.32 Å². The van der Waals surface area contributed by atoms with Crippen molar-refractivity contribution in [1.82, 2.24) is 15.2 Å². The summed E-state index contributed by atoms with van der Waals surface area (Å²) in [5.74, 6) is 0. The number of amides is 2. The monoisotopic (exact) mass is 345 g/mol. The summed E-state index contributed by atoms with van der Waals surface area (Å²) in [4.78, 5) is 19.9. The quantitative estimate of drug-likeness (QED) is 0.839. The minimum absolute atomic E-state index is 0.0362. The molecule has 2 amide bonds. The Morgan fingerprint density at radius 1 is 1.42 bits per heavy atom. The fraction of sp³-hybridized carbons (Fsp3) is 0.444. The number of hydrogen-bond acceptors (Lipinski definition) is 4. The molecule has 0 spiro atoms. The Bertz CT molecular complexity index is 612. The summed E-state index contributed by atoms with van der Waals surface area (Å²) in [7, 11) is 0. The molecule has 128 valence electrons. The predicted molar refractivity (Wildman–Crippen MR) is 95.0 cm³/mol. The minimum atomic E-state index is -0.0362. The second-order valence-corrected chi connectivity index (χ2v) is 6.97. The molecule has 0 bridgehead atoms. The number of ether oxygens (including phenoxy) is 1. The summed E-state index contributed by atoms with van der Waals surface area (Å²) in [6, 6.07) is 7.98. The Morgan fingerprint density at radius 2 is 2.38 bits per heavy atom. The highest BCUT2D eigenvalue weighted by Gasteiger charge is 2.22. The van der Waals surface area contributed by atoms with Crippen molar-refractivity contribution in [3.63, 3.8) is 0 Å². The molecular formula is C18H23N3O2S. The number of carbonyl (C=O) groups is 1. The summed E-state index contributed by atoms with van der Waals surface area (Å²) in [6.45, 7) is 2.62. The van der Waals surface area contributed by atoms with Gasteiger partial charge < -0.3 is 15.0 Å². The maximum atomic E-state index is 12.6. The summed E-state index contributed by atoms with van der Waals surface area (Å²) in [5.41, 5.74) is 1.03. The molecule has 0 aromatic carbocycles. The molecule has 24 heavy (non-hydrogen) atoms. The molecule has 2 aromatic rings. The Hall–Kier alpha value is -1.92. The lowest BCUT2D eigenvalue weighted by molar-refractivity contribution is 0.0795. The number of rotatable bonds is 7. The average Bonchev–Trinajstić information content (AvgIpc) is 3.29. The normalized spacial score (nSPS) is 16.9. The average molecular weight is 345 g/mol. The number of aromatic nitrogens is 1. The molecule has 6 heteroatoms. The Morgan fingerprint density at radius 3 is 3.08 bits per heavy atom. The van der Waals surface area contributed by atoms with Crippen molar-refractivity contribution in [3.8, 4) is 0 Å². The van der Waals surface area contributed by atoms with Crippen molar-refractivity contribution in [2.24, 2.45) is 0 Å². The van der Waals surface area contributed by atoms with Gasteiger partial charge in [0.1, 0.15) is 0 Å². The number of carbonyl (C=O) groups excluding carboxylic acids is 1. The number of pyridine rings is 1. The van der Waals surface area contributed by atoms with E-state index < -0.39 is 0 Å². The standard InChI is InChI=1S/C18H23N3O2S/c22-18(20-9-7-17-6-3-11-24-17)21(14-16-5-2-10-23-16)13-15-4-1-8-19-12-15/h1,3-4,6,8,11-12,16H,2,5,7,9-10,13-14H2,(H,20,22). The van der Waals surface area contributed by atoms with Gasteiger partial charge in [0.2, 0.25) is 0 Å². The molecule has 0 radical (unpaired) electrons. The van der Waals surface area contributed by atoms with E-state index in [0.29, 0.717) is 19.6 Å². The zero-order valence-corrected chi connectivity index (χ0v) is 14.5. The summed E-state index contributed by atoms with van der Waals surface area (Å²) >= 11 is 1.72. The van der Waals surface area contributed by atoms with Crippen LogP contribution in [0.3, 0.4) is 0 Å². The van der Waals surface area contributed by atoms with E-state index in [2.05, 4.69) is 21.7 Å². The third-order valence-corrected chi connectivity index (χ3v) is 5.00. The van der Waals surface area contributed by atoms with Crippen LogP contribution in [-0.2, 0) is 17.7 Å². The van der Waals surface area contributed by atoms with E-state index >= 15 is 0 Å². The largest absolute Gasteiger partial charge is 0.376 e. The zero-order chi connectivity index (χ0) is 16.6.